The van der Waals surface area contributed by atoms with Crippen LogP contribution in [0.1, 0.15) is 28.1 Å². The van der Waals surface area contributed by atoms with Gasteiger partial charge in [-0.1, -0.05) is 0 Å². The summed E-state index contributed by atoms with van der Waals surface area (Å²) < 4.78 is 65.2. The third kappa shape index (κ3) is 5.70. The molecular weight excluding hydrogens is 783 g/mol. The van der Waals surface area contributed by atoms with Crippen LogP contribution in [-0.2, 0) is 0 Å². The first-order valence-corrected chi connectivity index (χ1v) is 16.4. The van der Waals surface area contributed by atoms with Crippen LogP contribution in [0.25, 0.3) is 59.9 Å². The fourth-order valence-corrected chi connectivity index (χ4v) is 6.07. The highest BCUT2D eigenvalue weighted by Crippen LogP contribution is 2.36. The maximum Gasteiger partial charge on any atom is 0.266 e. The van der Waals surface area contributed by atoms with Crippen molar-refractivity contribution in [2.75, 3.05) is 0 Å². The summed E-state index contributed by atoms with van der Waals surface area (Å²) in [5.74, 6) is -10.3. The maximum atomic E-state index is 15.1. The lowest BCUT2D eigenvalue weighted by molar-refractivity contribution is 0.457. The average molecular weight is 792 g/mol. The van der Waals surface area contributed by atoms with E-state index in [9.17, 15) is 29.8 Å². The topological polar surface area (TPSA) is 222 Å². The lowest BCUT2D eigenvalue weighted by Gasteiger charge is -2.08. The van der Waals surface area contributed by atoms with Crippen molar-refractivity contribution >= 4 is 39.3 Å². The SMILES string of the molecule is [C-]#[N+]c1cc2c(cc1C)=N/C(=C(\C#N)c1nc(-c3nc4cc([N+]#[C-])c(C#N)cc4o3)nc(-c3ccc4c(c3C#N)=N/C(=C(\C#N)c3c(F)c(F)c([N+]#[C-])c(F)c3F)N=4)n1)N=2. The van der Waals surface area contributed by atoms with E-state index < -0.39 is 45.9 Å². The molecule has 0 radical (unpaired) electrons. The Kier molecular flexibility index (Phi) is 8.69. The maximum absolute atomic E-state index is 15.1. The molecule has 0 aliphatic carbocycles. The Morgan fingerprint density at radius 3 is 1.95 bits per heavy atom. The van der Waals surface area contributed by atoms with Crippen LogP contribution in [0, 0.1) is 95.2 Å². The molecule has 0 saturated heterocycles. The lowest BCUT2D eigenvalue weighted by Crippen LogP contribution is -2.25. The second-order valence-electron chi connectivity index (χ2n) is 12.3. The van der Waals surface area contributed by atoms with Gasteiger partial charge in [0.2, 0.25) is 11.5 Å². The molecule has 20 heteroatoms. The van der Waals surface area contributed by atoms with Gasteiger partial charge in [0.15, 0.2) is 57.8 Å². The highest BCUT2D eigenvalue weighted by Gasteiger charge is 2.31. The number of aromatic nitrogens is 4. The Bertz CT molecular complexity index is 3630. The van der Waals surface area contributed by atoms with Gasteiger partial charge < -0.3 is 4.42 Å². The van der Waals surface area contributed by atoms with Gasteiger partial charge in [-0.25, -0.2) is 72.0 Å². The molecule has 6 aromatic rings. The highest BCUT2D eigenvalue weighted by atomic mass is 19.2. The summed E-state index contributed by atoms with van der Waals surface area (Å²) in [6.07, 6.45) is 0. The van der Waals surface area contributed by atoms with E-state index in [1.807, 2.05) is 18.2 Å². The Balaban J connectivity index is 1.37. The van der Waals surface area contributed by atoms with Gasteiger partial charge in [0.1, 0.15) is 34.7 Å². The van der Waals surface area contributed by atoms with Crippen molar-refractivity contribution in [2.24, 2.45) is 20.0 Å². The van der Waals surface area contributed by atoms with E-state index in [-0.39, 0.29) is 84.3 Å². The standard InChI is InChI=1S/C40H9F4N15O/c1-15-7-24-25(9-22(15)49-2)54-37(53-24)20(14-48)38-57-35(58-39(59-38)40-55-26-10-23(50-3)16(11-45)8-27(26)60-40)17-5-6-21-33(18(17)12-46)56-36(52-21)19(13-47)28-29(41)31(43)34(51-4)32(44)30(28)42/h5-10H,1H3/b36-19+,37-20-. The molecular formula is C40H9F4N15O. The van der Waals surface area contributed by atoms with Gasteiger partial charge in [0, 0.05) is 5.56 Å². The number of oxazole rings is 1. The van der Waals surface area contributed by atoms with Crippen LogP contribution in [0.4, 0.5) is 34.6 Å². The Labute approximate surface area is 331 Å². The molecule has 0 unspecified atom stereocenters. The number of fused-ring (bicyclic) bond motifs is 3. The van der Waals surface area contributed by atoms with Crippen LogP contribution in [0.5, 0.6) is 0 Å². The molecule has 60 heavy (non-hydrogen) atoms. The third-order valence-corrected chi connectivity index (χ3v) is 8.89. The lowest BCUT2D eigenvalue weighted by atomic mass is 10.0. The molecule has 0 bridgehead atoms. The smallest absolute Gasteiger partial charge is 0.266 e. The number of rotatable bonds is 4. The molecule has 0 spiro atoms. The zero-order chi connectivity index (χ0) is 42.6. The number of nitrogens with zero attached hydrogens (tertiary/aromatic N) is 15. The van der Waals surface area contributed by atoms with Gasteiger partial charge in [0.05, 0.1) is 64.1 Å². The first-order chi connectivity index (χ1) is 29.0. The zero-order valence-electron chi connectivity index (χ0n) is 29.6. The van der Waals surface area contributed by atoms with Crippen molar-refractivity contribution in [3.8, 4) is 47.4 Å². The largest absolute Gasteiger partial charge is 0.434 e. The van der Waals surface area contributed by atoms with Gasteiger partial charge in [-0.15, -0.1) is 0 Å². The predicted molar refractivity (Wildman–Crippen MR) is 194 cm³/mol. The fourth-order valence-electron chi connectivity index (χ4n) is 6.07. The second kappa shape index (κ2) is 14.0. The molecule has 0 atom stereocenters. The number of hydrogen-bond acceptors (Lipinski definition) is 13. The number of benzene rings is 4. The molecule has 278 valence electrons. The number of halogens is 4. The van der Waals surface area contributed by atoms with Gasteiger partial charge in [0.25, 0.3) is 11.6 Å². The van der Waals surface area contributed by atoms with E-state index in [1.54, 1.807) is 13.0 Å². The monoisotopic (exact) mass is 791 g/mol. The van der Waals surface area contributed by atoms with Crippen LogP contribution in [-0.4, -0.2) is 19.9 Å². The molecule has 0 amide bonds. The molecule has 4 heterocycles. The number of allylic oxidation sites excluding steroid dienone is 2. The summed E-state index contributed by atoms with van der Waals surface area (Å²) in [6.45, 7) is 23.5. The van der Waals surface area contributed by atoms with Crippen molar-refractivity contribution in [1.82, 2.24) is 19.9 Å². The van der Waals surface area contributed by atoms with Crippen molar-refractivity contribution in [2.45, 2.75) is 6.92 Å². The summed E-state index contributed by atoms with van der Waals surface area (Å²) in [6, 6.07) is 15.5. The molecule has 8 rings (SSSR count). The second-order valence-corrected chi connectivity index (χ2v) is 12.3. The van der Waals surface area contributed by atoms with Crippen molar-refractivity contribution in [3.05, 3.63) is 155 Å². The summed E-state index contributed by atoms with van der Waals surface area (Å²) in [5, 5.41) is 40.6. The molecule has 0 N–H and O–H groups in total. The molecule has 2 aliphatic rings. The fraction of sp³-hybridized carbons (Fsp3) is 0.0250. The minimum atomic E-state index is -2.04. The van der Waals surface area contributed by atoms with Crippen molar-refractivity contribution in [3.63, 3.8) is 0 Å². The molecule has 0 saturated carbocycles. The first kappa shape index (κ1) is 37.1. The van der Waals surface area contributed by atoms with Gasteiger partial charge in [-0.2, -0.15) is 21.0 Å². The van der Waals surface area contributed by atoms with E-state index in [0.717, 1.165) is 0 Å². The van der Waals surface area contributed by atoms with Crippen molar-refractivity contribution < 1.29 is 22.0 Å². The quantitative estimate of drug-likeness (QED) is 0.0896. The number of hydrogen-bond donors (Lipinski definition) is 0. The van der Waals surface area contributed by atoms with E-state index in [2.05, 4.69) is 54.4 Å². The van der Waals surface area contributed by atoms with E-state index in [0.29, 0.717) is 16.6 Å². The minimum absolute atomic E-state index is 0.00516. The van der Waals surface area contributed by atoms with Gasteiger partial charge in [-0.05, 0) is 48.9 Å². The normalized spacial score (nSPS) is 13.6. The van der Waals surface area contributed by atoms with Crippen LogP contribution < -0.4 is 21.4 Å². The number of aryl methyl sites for hydroxylation is 1. The average Bonchev–Trinajstić information content (AvgIpc) is 4.00. The van der Waals surface area contributed by atoms with Crippen molar-refractivity contribution in [1.29, 1.82) is 21.0 Å². The van der Waals surface area contributed by atoms with Crippen LogP contribution in [0.15, 0.2) is 72.4 Å². The van der Waals surface area contributed by atoms with Crippen LogP contribution in [0.3, 0.4) is 0 Å². The highest BCUT2D eigenvalue weighted by molar-refractivity contribution is 5.84. The molecule has 2 aliphatic heterocycles. The summed E-state index contributed by atoms with van der Waals surface area (Å²) >= 11 is 0. The van der Waals surface area contributed by atoms with Crippen LogP contribution in [0.2, 0.25) is 0 Å². The Morgan fingerprint density at radius 2 is 1.32 bits per heavy atom. The minimum Gasteiger partial charge on any atom is -0.434 e. The Morgan fingerprint density at radius 1 is 0.667 bits per heavy atom. The summed E-state index contributed by atoms with van der Waals surface area (Å²) in [7, 11) is 0. The van der Waals surface area contributed by atoms with E-state index in [1.165, 1.54) is 36.4 Å². The summed E-state index contributed by atoms with van der Waals surface area (Å²) in [4.78, 5) is 44.1. The predicted octanol–water partition coefficient (Wildman–Crippen LogP) is 5.90. The van der Waals surface area contributed by atoms with E-state index >= 15 is 8.78 Å². The molecule has 0 fully saturated rings. The third-order valence-electron chi connectivity index (χ3n) is 8.89. The molecule has 16 nitrogen and oxygen atoms in total. The summed E-state index contributed by atoms with van der Waals surface area (Å²) in [5.41, 5.74) is -3.74. The zero-order valence-corrected chi connectivity index (χ0v) is 29.6. The molecule has 4 aromatic carbocycles. The Hall–Kier alpha value is -9.81. The number of nitriles is 4. The van der Waals surface area contributed by atoms with Crippen LogP contribution >= 0.6 is 0 Å². The molecule has 2 aromatic heterocycles. The van der Waals surface area contributed by atoms with Gasteiger partial charge >= 0.3 is 0 Å². The van der Waals surface area contributed by atoms with Gasteiger partial charge in [-0.3, -0.25) is 0 Å². The van der Waals surface area contributed by atoms with E-state index in [4.69, 9.17) is 24.1 Å². The first-order valence-electron chi connectivity index (χ1n) is 16.4.